The van der Waals surface area contributed by atoms with Gasteiger partial charge >= 0.3 is 0 Å². The minimum absolute atomic E-state index is 0.140. The van der Waals surface area contributed by atoms with Gasteiger partial charge in [0, 0.05) is 24.1 Å². The molecule has 0 aromatic carbocycles. The van der Waals surface area contributed by atoms with Crippen molar-refractivity contribution >= 4 is 17.7 Å². The van der Waals surface area contributed by atoms with Crippen molar-refractivity contribution in [2.75, 3.05) is 17.6 Å². The highest BCUT2D eigenvalue weighted by Crippen LogP contribution is 2.25. The van der Waals surface area contributed by atoms with Crippen LogP contribution in [0, 0.1) is 0 Å². The van der Waals surface area contributed by atoms with E-state index in [2.05, 4.69) is 15.3 Å². The van der Waals surface area contributed by atoms with Crippen LogP contribution < -0.4 is 10.1 Å². The number of nitrogens with zero attached hydrogens (tertiary/aromatic N) is 2. The number of hydrogen-bond donors (Lipinski definition) is 1. The van der Waals surface area contributed by atoms with E-state index in [0.717, 1.165) is 6.54 Å². The maximum Gasteiger partial charge on any atom is 0.225 e. The molecule has 0 aliphatic carbocycles. The number of hydrogen-bond acceptors (Lipinski definition) is 5. The van der Waals surface area contributed by atoms with Crippen molar-refractivity contribution in [1.29, 1.82) is 0 Å². The van der Waals surface area contributed by atoms with Gasteiger partial charge in [-0.25, -0.2) is 4.98 Å². The minimum atomic E-state index is 0.140. The van der Waals surface area contributed by atoms with E-state index < -0.39 is 0 Å². The molecule has 0 spiro atoms. The molecule has 0 radical (unpaired) electrons. The average molecular weight is 267 g/mol. The Labute approximate surface area is 113 Å². The van der Waals surface area contributed by atoms with Gasteiger partial charge in [0.05, 0.1) is 6.10 Å². The zero-order valence-electron chi connectivity index (χ0n) is 11.1. The molecule has 1 fully saturated rings. The molecule has 0 saturated carbocycles. The van der Waals surface area contributed by atoms with E-state index in [1.807, 2.05) is 25.6 Å². The number of anilines is 1. The van der Waals surface area contributed by atoms with E-state index in [1.54, 1.807) is 12.3 Å². The third-order valence-electron chi connectivity index (χ3n) is 2.75. The fourth-order valence-electron chi connectivity index (χ4n) is 1.91. The van der Waals surface area contributed by atoms with Crippen LogP contribution in [0.4, 0.5) is 5.95 Å². The predicted molar refractivity (Wildman–Crippen MR) is 76.4 cm³/mol. The monoisotopic (exact) mass is 267 g/mol. The van der Waals surface area contributed by atoms with Crippen LogP contribution in [0.25, 0.3) is 0 Å². The molecule has 1 aromatic rings. The van der Waals surface area contributed by atoms with Crippen LogP contribution >= 0.6 is 11.8 Å². The number of rotatable bonds is 5. The van der Waals surface area contributed by atoms with Crippen LogP contribution in [0.1, 0.15) is 33.1 Å². The van der Waals surface area contributed by atoms with Gasteiger partial charge in [-0.3, -0.25) is 0 Å². The van der Waals surface area contributed by atoms with Gasteiger partial charge in [0.1, 0.15) is 0 Å². The molecule has 2 rings (SSSR count). The molecule has 0 amide bonds. The smallest absolute Gasteiger partial charge is 0.225 e. The van der Waals surface area contributed by atoms with Gasteiger partial charge in [0.25, 0.3) is 0 Å². The van der Waals surface area contributed by atoms with Gasteiger partial charge in [-0.15, -0.1) is 0 Å². The van der Waals surface area contributed by atoms with Crippen molar-refractivity contribution in [2.45, 2.75) is 44.5 Å². The molecule has 1 aliphatic rings. The summed E-state index contributed by atoms with van der Waals surface area (Å²) < 4.78 is 5.55. The Morgan fingerprint density at radius 2 is 2.39 bits per heavy atom. The Bertz CT molecular complexity index is 367. The standard InChI is InChI=1S/C13H21N3OS/c1-10(2)17-12-6-7-14-13(16-12)15-9-11-5-3-4-8-18-11/h6-7,10-11H,3-5,8-9H2,1-2H3,(H,14,15,16). The van der Waals surface area contributed by atoms with Gasteiger partial charge in [-0.1, -0.05) is 6.42 Å². The highest BCUT2D eigenvalue weighted by Gasteiger charge is 2.14. The zero-order valence-corrected chi connectivity index (χ0v) is 11.9. The predicted octanol–water partition coefficient (Wildman–Crippen LogP) is 2.96. The molecular weight excluding hydrogens is 246 g/mol. The van der Waals surface area contributed by atoms with Crippen molar-refractivity contribution in [3.63, 3.8) is 0 Å². The molecule has 1 unspecified atom stereocenters. The topological polar surface area (TPSA) is 47.0 Å². The van der Waals surface area contributed by atoms with Gasteiger partial charge in [-0.2, -0.15) is 16.7 Å². The average Bonchev–Trinajstić information content (AvgIpc) is 2.37. The minimum Gasteiger partial charge on any atom is -0.475 e. The second-order valence-electron chi connectivity index (χ2n) is 4.75. The highest BCUT2D eigenvalue weighted by molar-refractivity contribution is 7.99. The second-order valence-corrected chi connectivity index (χ2v) is 6.16. The van der Waals surface area contributed by atoms with E-state index in [0.29, 0.717) is 17.1 Å². The number of nitrogens with one attached hydrogen (secondary N) is 1. The largest absolute Gasteiger partial charge is 0.475 e. The molecule has 1 aromatic heterocycles. The van der Waals surface area contributed by atoms with Crippen molar-refractivity contribution in [3.05, 3.63) is 12.3 Å². The van der Waals surface area contributed by atoms with E-state index in [4.69, 9.17) is 4.74 Å². The molecular formula is C13H21N3OS. The maximum absolute atomic E-state index is 5.55. The van der Waals surface area contributed by atoms with Crippen LogP contribution in [0.3, 0.4) is 0 Å². The Balaban J connectivity index is 1.84. The summed E-state index contributed by atoms with van der Waals surface area (Å²) in [4.78, 5) is 8.56. The first-order valence-electron chi connectivity index (χ1n) is 6.59. The molecule has 4 nitrogen and oxygen atoms in total. The van der Waals surface area contributed by atoms with Crippen molar-refractivity contribution in [3.8, 4) is 5.88 Å². The normalized spacial score (nSPS) is 19.8. The number of thioether (sulfide) groups is 1. The van der Waals surface area contributed by atoms with E-state index in [-0.39, 0.29) is 6.10 Å². The third-order valence-corrected chi connectivity index (χ3v) is 4.15. The molecule has 1 saturated heterocycles. The van der Waals surface area contributed by atoms with Gasteiger partial charge < -0.3 is 10.1 Å². The summed E-state index contributed by atoms with van der Waals surface area (Å²) in [7, 11) is 0. The molecule has 100 valence electrons. The molecule has 1 atom stereocenters. The Morgan fingerprint density at radius 1 is 1.50 bits per heavy atom. The Morgan fingerprint density at radius 3 is 3.11 bits per heavy atom. The van der Waals surface area contributed by atoms with Crippen LogP contribution in [0.15, 0.2) is 12.3 Å². The zero-order chi connectivity index (χ0) is 12.8. The summed E-state index contributed by atoms with van der Waals surface area (Å²) in [5, 5.41) is 4.00. The first-order chi connectivity index (χ1) is 8.74. The van der Waals surface area contributed by atoms with Gasteiger partial charge in [0.15, 0.2) is 0 Å². The summed E-state index contributed by atoms with van der Waals surface area (Å²) in [6.45, 7) is 4.93. The van der Waals surface area contributed by atoms with Crippen molar-refractivity contribution in [2.24, 2.45) is 0 Å². The lowest BCUT2D eigenvalue weighted by Gasteiger charge is -2.21. The molecule has 5 heteroatoms. The van der Waals surface area contributed by atoms with E-state index >= 15 is 0 Å². The number of aromatic nitrogens is 2. The van der Waals surface area contributed by atoms with Gasteiger partial charge in [-0.05, 0) is 32.4 Å². The maximum atomic E-state index is 5.55. The molecule has 0 bridgehead atoms. The summed E-state index contributed by atoms with van der Waals surface area (Å²) in [5.74, 6) is 2.59. The van der Waals surface area contributed by atoms with E-state index in [1.165, 1.54) is 25.0 Å². The second kappa shape index (κ2) is 6.83. The Hall–Kier alpha value is -0.970. The molecule has 18 heavy (non-hydrogen) atoms. The van der Waals surface area contributed by atoms with Crippen molar-refractivity contribution in [1.82, 2.24) is 9.97 Å². The van der Waals surface area contributed by atoms with Crippen molar-refractivity contribution < 1.29 is 4.74 Å². The van der Waals surface area contributed by atoms with E-state index in [9.17, 15) is 0 Å². The summed E-state index contributed by atoms with van der Waals surface area (Å²) in [6, 6.07) is 1.79. The van der Waals surface area contributed by atoms with Gasteiger partial charge in [0.2, 0.25) is 11.8 Å². The summed E-state index contributed by atoms with van der Waals surface area (Å²) in [5.41, 5.74) is 0. The quantitative estimate of drug-likeness (QED) is 0.888. The third kappa shape index (κ3) is 4.37. The first-order valence-corrected chi connectivity index (χ1v) is 7.64. The highest BCUT2D eigenvalue weighted by atomic mass is 32.2. The SMILES string of the molecule is CC(C)Oc1ccnc(NCC2CCCCS2)n1. The molecule has 1 aliphatic heterocycles. The van der Waals surface area contributed by atoms with Crippen LogP contribution in [0.2, 0.25) is 0 Å². The number of ether oxygens (including phenoxy) is 1. The lowest BCUT2D eigenvalue weighted by Crippen LogP contribution is -2.21. The molecule has 1 N–H and O–H groups in total. The van der Waals surface area contributed by atoms with Crippen LogP contribution in [0.5, 0.6) is 5.88 Å². The molecule has 2 heterocycles. The first kappa shape index (κ1) is 13.5. The lowest BCUT2D eigenvalue weighted by atomic mass is 10.2. The fourth-order valence-corrected chi connectivity index (χ4v) is 3.15. The van der Waals surface area contributed by atoms with Crippen LogP contribution in [-0.2, 0) is 0 Å². The Kier molecular flexibility index (Phi) is 5.11. The lowest BCUT2D eigenvalue weighted by molar-refractivity contribution is 0.232. The summed E-state index contributed by atoms with van der Waals surface area (Å²) >= 11 is 2.05. The van der Waals surface area contributed by atoms with Crippen LogP contribution in [-0.4, -0.2) is 33.6 Å². The fraction of sp³-hybridized carbons (Fsp3) is 0.692. The summed E-state index contributed by atoms with van der Waals surface area (Å²) in [6.07, 6.45) is 5.87.